The van der Waals surface area contributed by atoms with Crippen LogP contribution in [0, 0.1) is 12.3 Å². The lowest BCUT2D eigenvalue weighted by Crippen LogP contribution is -2.24. The lowest BCUT2D eigenvalue weighted by Gasteiger charge is -2.13. The molecular weight excluding hydrogens is 172 g/mol. The standard InChI is InChI=1S/C12H16N2/c1-4-6-7-8-9-12-10-14(5-2)11(3)13-12/h1,7-9H,5-6,10H2,2-3H3/b8-7-,12-9+. The van der Waals surface area contributed by atoms with Crippen molar-refractivity contribution < 1.29 is 0 Å². The van der Waals surface area contributed by atoms with E-state index in [0.717, 1.165) is 24.6 Å². The number of hydrogen-bond donors (Lipinski definition) is 0. The molecule has 0 aromatic carbocycles. The van der Waals surface area contributed by atoms with Crippen LogP contribution >= 0.6 is 0 Å². The Kier molecular flexibility index (Phi) is 4.00. The Bertz CT molecular complexity index is 316. The minimum Gasteiger partial charge on any atom is -0.355 e. The molecule has 0 amide bonds. The summed E-state index contributed by atoms with van der Waals surface area (Å²) in [6.07, 6.45) is 11.8. The molecule has 0 saturated heterocycles. The van der Waals surface area contributed by atoms with E-state index in [1.165, 1.54) is 0 Å². The minimum atomic E-state index is 0.684. The summed E-state index contributed by atoms with van der Waals surface area (Å²) < 4.78 is 0. The van der Waals surface area contributed by atoms with Gasteiger partial charge < -0.3 is 4.90 Å². The third kappa shape index (κ3) is 2.77. The van der Waals surface area contributed by atoms with Gasteiger partial charge in [0, 0.05) is 13.0 Å². The van der Waals surface area contributed by atoms with E-state index in [0.29, 0.717) is 6.42 Å². The topological polar surface area (TPSA) is 15.6 Å². The third-order valence-electron chi connectivity index (χ3n) is 2.16. The molecule has 0 bridgehead atoms. The van der Waals surface area contributed by atoms with E-state index in [-0.39, 0.29) is 0 Å². The Balaban J connectivity index is 2.54. The molecule has 0 aromatic rings. The van der Waals surface area contributed by atoms with E-state index < -0.39 is 0 Å². The molecule has 1 rings (SSSR count). The number of hydrogen-bond acceptors (Lipinski definition) is 2. The second kappa shape index (κ2) is 5.29. The summed E-state index contributed by atoms with van der Waals surface area (Å²) in [6.45, 7) is 6.11. The fraction of sp³-hybridized carbons (Fsp3) is 0.417. The van der Waals surface area contributed by atoms with E-state index in [4.69, 9.17) is 6.42 Å². The Hall–Kier alpha value is -1.49. The van der Waals surface area contributed by atoms with Crippen LogP contribution in [0.25, 0.3) is 0 Å². The van der Waals surface area contributed by atoms with Gasteiger partial charge in [0.25, 0.3) is 0 Å². The van der Waals surface area contributed by atoms with Crippen molar-refractivity contribution in [1.29, 1.82) is 0 Å². The first-order chi connectivity index (χ1) is 6.77. The normalized spacial score (nSPS) is 19.1. The Labute approximate surface area is 86.0 Å². The molecule has 1 aliphatic heterocycles. The average Bonchev–Trinajstić information content (AvgIpc) is 2.54. The van der Waals surface area contributed by atoms with Crippen LogP contribution in [0.3, 0.4) is 0 Å². The van der Waals surface area contributed by atoms with E-state index >= 15 is 0 Å². The van der Waals surface area contributed by atoms with Crippen molar-refractivity contribution in [3.63, 3.8) is 0 Å². The highest BCUT2D eigenvalue weighted by Crippen LogP contribution is 2.11. The van der Waals surface area contributed by atoms with Gasteiger partial charge in [0.15, 0.2) is 0 Å². The lowest BCUT2D eigenvalue weighted by molar-refractivity contribution is 0.497. The molecule has 0 fully saturated rings. The SMILES string of the molecule is C#CC/C=C\C=C1/CN(CC)C(C)=N1. The quantitative estimate of drug-likeness (QED) is 0.620. The monoisotopic (exact) mass is 188 g/mol. The fourth-order valence-electron chi connectivity index (χ4n) is 1.37. The molecule has 0 unspecified atom stereocenters. The van der Waals surface area contributed by atoms with Crippen molar-refractivity contribution in [2.45, 2.75) is 20.3 Å². The van der Waals surface area contributed by atoms with Crippen molar-refractivity contribution >= 4 is 5.84 Å². The first-order valence-corrected chi connectivity index (χ1v) is 4.87. The Morgan fingerprint density at radius 3 is 3.00 bits per heavy atom. The van der Waals surface area contributed by atoms with Crippen LogP contribution in [0.4, 0.5) is 0 Å². The fourth-order valence-corrected chi connectivity index (χ4v) is 1.37. The van der Waals surface area contributed by atoms with Gasteiger partial charge in [0.1, 0.15) is 5.84 Å². The maximum Gasteiger partial charge on any atom is 0.102 e. The number of nitrogens with zero attached hydrogens (tertiary/aromatic N) is 2. The molecule has 14 heavy (non-hydrogen) atoms. The molecule has 0 aliphatic carbocycles. The molecule has 0 radical (unpaired) electrons. The zero-order valence-corrected chi connectivity index (χ0v) is 8.83. The van der Waals surface area contributed by atoms with E-state index in [9.17, 15) is 0 Å². The molecular formula is C12H16N2. The predicted octanol–water partition coefficient (Wildman–Crippen LogP) is 2.20. The Morgan fingerprint density at radius 1 is 1.64 bits per heavy atom. The minimum absolute atomic E-state index is 0.684. The molecule has 2 nitrogen and oxygen atoms in total. The number of amidine groups is 1. The van der Waals surface area contributed by atoms with Crippen molar-refractivity contribution in [1.82, 2.24) is 4.90 Å². The van der Waals surface area contributed by atoms with Gasteiger partial charge in [-0.05, 0) is 19.9 Å². The maximum absolute atomic E-state index is 5.13. The third-order valence-corrected chi connectivity index (χ3v) is 2.16. The van der Waals surface area contributed by atoms with Crippen molar-refractivity contribution in [3.8, 4) is 12.3 Å². The summed E-state index contributed by atoms with van der Waals surface area (Å²) in [6, 6.07) is 0. The van der Waals surface area contributed by atoms with E-state index in [1.807, 2.05) is 25.2 Å². The summed E-state index contributed by atoms with van der Waals surface area (Å²) in [5.41, 5.74) is 1.11. The van der Waals surface area contributed by atoms with Crippen LogP contribution in [0.15, 0.2) is 28.9 Å². The van der Waals surface area contributed by atoms with Gasteiger partial charge in [-0.15, -0.1) is 12.3 Å². The average molecular weight is 188 g/mol. The summed E-state index contributed by atoms with van der Waals surface area (Å²) in [5, 5.41) is 0. The Morgan fingerprint density at radius 2 is 2.43 bits per heavy atom. The molecule has 0 N–H and O–H groups in total. The first kappa shape index (κ1) is 10.6. The van der Waals surface area contributed by atoms with Gasteiger partial charge in [-0.3, -0.25) is 0 Å². The number of allylic oxidation sites excluding steroid dienone is 3. The van der Waals surface area contributed by atoms with Gasteiger partial charge in [-0.1, -0.05) is 12.2 Å². The van der Waals surface area contributed by atoms with Crippen molar-refractivity contribution in [3.05, 3.63) is 23.9 Å². The van der Waals surface area contributed by atoms with Gasteiger partial charge in [0.05, 0.1) is 12.2 Å². The van der Waals surface area contributed by atoms with Crippen LogP contribution in [0.2, 0.25) is 0 Å². The highest BCUT2D eigenvalue weighted by Gasteiger charge is 2.13. The van der Waals surface area contributed by atoms with Crippen LogP contribution in [0.1, 0.15) is 20.3 Å². The van der Waals surface area contributed by atoms with Crippen LogP contribution in [-0.2, 0) is 0 Å². The first-order valence-electron chi connectivity index (χ1n) is 4.87. The molecule has 0 spiro atoms. The second-order valence-corrected chi connectivity index (χ2v) is 3.17. The predicted molar refractivity (Wildman–Crippen MR) is 61.0 cm³/mol. The van der Waals surface area contributed by atoms with Crippen molar-refractivity contribution in [2.24, 2.45) is 4.99 Å². The highest BCUT2D eigenvalue weighted by atomic mass is 15.2. The van der Waals surface area contributed by atoms with Crippen molar-refractivity contribution in [2.75, 3.05) is 13.1 Å². The smallest absolute Gasteiger partial charge is 0.102 e. The molecule has 0 aromatic heterocycles. The number of rotatable bonds is 3. The number of aliphatic imine (C=N–C) groups is 1. The molecule has 1 aliphatic rings. The van der Waals surface area contributed by atoms with Gasteiger partial charge in [-0.2, -0.15) is 0 Å². The summed E-state index contributed by atoms with van der Waals surface area (Å²) >= 11 is 0. The van der Waals surface area contributed by atoms with Gasteiger partial charge in [-0.25, -0.2) is 4.99 Å². The van der Waals surface area contributed by atoms with Crippen LogP contribution < -0.4 is 0 Å². The van der Waals surface area contributed by atoms with Crippen LogP contribution in [-0.4, -0.2) is 23.8 Å². The summed E-state index contributed by atoms with van der Waals surface area (Å²) in [5.74, 6) is 3.66. The number of likely N-dealkylation sites (N-methyl/N-ethyl adjacent to an activating group) is 1. The molecule has 0 saturated carbocycles. The van der Waals surface area contributed by atoms with Crippen LogP contribution in [0.5, 0.6) is 0 Å². The van der Waals surface area contributed by atoms with E-state index in [2.05, 4.69) is 22.7 Å². The molecule has 0 atom stereocenters. The van der Waals surface area contributed by atoms with Gasteiger partial charge >= 0.3 is 0 Å². The highest BCUT2D eigenvalue weighted by molar-refractivity contribution is 5.83. The molecule has 74 valence electrons. The van der Waals surface area contributed by atoms with Gasteiger partial charge in [0.2, 0.25) is 0 Å². The molecule has 1 heterocycles. The largest absolute Gasteiger partial charge is 0.355 e. The zero-order chi connectivity index (χ0) is 10.4. The summed E-state index contributed by atoms with van der Waals surface area (Å²) in [7, 11) is 0. The second-order valence-electron chi connectivity index (χ2n) is 3.17. The molecule has 2 heteroatoms. The maximum atomic E-state index is 5.13. The van der Waals surface area contributed by atoms with E-state index in [1.54, 1.807) is 0 Å². The summed E-state index contributed by atoms with van der Waals surface area (Å²) in [4.78, 5) is 6.68. The zero-order valence-electron chi connectivity index (χ0n) is 8.83. The lowest BCUT2D eigenvalue weighted by atomic mass is 10.3. The number of terminal acetylenes is 1.